The molecule has 3 aromatic rings. The number of ether oxygens (including phenoxy) is 2. The minimum atomic E-state index is -0.946. The maximum Gasteiger partial charge on any atom is 0.308 e. The normalized spacial score (nSPS) is 10.6. The summed E-state index contributed by atoms with van der Waals surface area (Å²) < 4.78 is 10.7. The van der Waals surface area contributed by atoms with Gasteiger partial charge in [0.1, 0.15) is 11.5 Å². The lowest BCUT2D eigenvalue weighted by molar-refractivity contribution is -0.136. The van der Waals surface area contributed by atoms with E-state index >= 15 is 0 Å². The monoisotopic (exact) mass is 438 g/mol. The number of carboxylic acids is 1. The number of nitrogens with one attached hydrogen (secondary N) is 1. The molecule has 0 saturated heterocycles. The van der Waals surface area contributed by atoms with Gasteiger partial charge in [-0.15, -0.1) is 11.3 Å². The van der Waals surface area contributed by atoms with Gasteiger partial charge in [-0.2, -0.15) is 0 Å². The summed E-state index contributed by atoms with van der Waals surface area (Å²) in [5.74, 6) is 0.223. The van der Waals surface area contributed by atoms with E-state index < -0.39 is 5.97 Å². The van der Waals surface area contributed by atoms with Crippen molar-refractivity contribution < 1.29 is 19.4 Å². The number of aromatic nitrogens is 1. The summed E-state index contributed by atoms with van der Waals surface area (Å²) in [5.41, 5.74) is 1.91. The van der Waals surface area contributed by atoms with Gasteiger partial charge in [-0.25, -0.2) is 4.98 Å². The highest BCUT2D eigenvalue weighted by Gasteiger charge is 2.19. The van der Waals surface area contributed by atoms with Crippen LogP contribution in [-0.4, -0.2) is 30.3 Å². The van der Waals surface area contributed by atoms with Gasteiger partial charge < -0.3 is 19.9 Å². The second kappa shape index (κ2) is 8.68. The molecular weight excluding hydrogens is 423 g/mol. The van der Waals surface area contributed by atoms with Crippen LogP contribution in [0.15, 0.2) is 36.4 Å². The van der Waals surface area contributed by atoms with Crippen LogP contribution in [0, 0.1) is 0 Å². The van der Waals surface area contributed by atoms with Crippen LogP contribution in [-0.2, 0) is 11.2 Å². The van der Waals surface area contributed by atoms with E-state index in [0.29, 0.717) is 48.5 Å². The van der Waals surface area contributed by atoms with Crippen molar-refractivity contribution in [2.45, 2.75) is 6.42 Å². The van der Waals surface area contributed by atoms with Crippen LogP contribution in [0.1, 0.15) is 4.88 Å². The third kappa shape index (κ3) is 4.49. The molecule has 0 spiro atoms. The Kier molecular flexibility index (Phi) is 6.28. The molecule has 0 amide bonds. The Balaban J connectivity index is 2.03. The van der Waals surface area contributed by atoms with Crippen molar-refractivity contribution >= 4 is 51.3 Å². The molecule has 6 nitrogen and oxygen atoms in total. The molecule has 0 bridgehead atoms. The fourth-order valence-corrected chi connectivity index (χ4v) is 3.85. The number of carbonyl (C=O) groups is 1. The van der Waals surface area contributed by atoms with E-state index in [1.54, 1.807) is 43.5 Å². The molecule has 0 saturated carbocycles. The number of halogens is 2. The molecule has 28 heavy (non-hydrogen) atoms. The number of anilines is 2. The number of hydrogen-bond acceptors (Lipinski definition) is 6. The lowest BCUT2D eigenvalue weighted by Gasteiger charge is -2.09. The first-order valence-electron chi connectivity index (χ1n) is 8.07. The molecule has 1 heterocycles. The molecule has 1 aromatic heterocycles. The Labute approximate surface area is 175 Å². The van der Waals surface area contributed by atoms with Crippen LogP contribution in [0.2, 0.25) is 10.0 Å². The average Bonchev–Trinajstić information content (AvgIpc) is 3.05. The first kappa shape index (κ1) is 20.3. The van der Waals surface area contributed by atoms with Gasteiger partial charge in [0.05, 0.1) is 36.4 Å². The summed E-state index contributed by atoms with van der Waals surface area (Å²) in [6.45, 7) is 0. The maximum absolute atomic E-state index is 11.3. The summed E-state index contributed by atoms with van der Waals surface area (Å²) in [6, 6.07) is 10.4. The number of methoxy groups -OCH3 is 2. The van der Waals surface area contributed by atoms with Crippen LogP contribution in [0.25, 0.3) is 11.3 Å². The predicted octanol–water partition coefficient (Wildman–Crippen LogP) is 5.50. The number of nitrogens with zero attached hydrogens (tertiary/aromatic N) is 1. The van der Waals surface area contributed by atoms with E-state index in [1.165, 1.54) is 18.4 Å². The van der Waals surface area contributed by atoms with E-state index in [1.807, 2.05) is 0 Å². The minimum absolute atomic E-state index is 0.161. The SMILES string of the molecule is COc1ccc(-c2nc(Nc3ccc(Cl)c(Cl)c3)sc2CC(=O)O)c(OC)c1. The summed E-state index contributed by atoms with van der Waals surface area (Å²) in [7, 11) is 3.10. The van der Waals surface area contributed by atoms with Crippen molar-refractivity contribution in [3.63, 3.8) is 0 Å². The number of rotatable bonds is 7. The standard InChI is InChI=1S/C19H16Cl2N2O4S/c1-26-11-4-5-12(15(8-11)27-2)18-16(9-17(24)25)28-19(23-18)22-10-3-6-13(20)14(21)7-10/h3-8H,9H2,1-2H3,(H,22,23)(H,24,25). The van der Waals surface area contributed by atoms with Crippen molar-refractivity contribution in [3.05, 3.63) is 51.3 Å². The summed E-state index contributed by atoms with van der Waals surface area (Å²) in [5, 5.41) is 13.8. The van der Waals surface area contributed by atoms with Gasteiger partial charge in [-0.05, 0) is 30.3 Å². The van der Waals surface area contributed by atoms with Crippen molar-refractivity contribution in [1.29, 1.82) is 0 Å². The molecule has 0 fully saturated rings. The molecule has 2 N–H and O–H groups in total. The van der Waals surface area contributed by atoms with Crippen molar-refractivity contribution in [2.75, 3.05) is 19.5 Å². The van der Waals surface area contributed by atoms with E-state index in [9.17, 15) is 9.90 Å². The molecular formula is C19H16Cl2N2O4S. The van der Waals surface area contributed by atoms with E-state index in [4.69, 9.17) is 32.7 Å². The Morgan fingerprint density at radius 3 is 2.57 bits per heavy atom. The Morgan fingerprint density at radius 2 is 1.93 bits per heavy atom. The quantitative estimate of drug-likeness (QED) is 0.506. The molecule has 0 aliphatic rings. The van der Waals surface area contributed by atoms with Crippen LogP contribution >= 0.6 is 34.5 Å². The van der Waals surface area contributed by atoms with Crippen molar-refractivity contribution in [3.8, 4) is 22.8 Å². The van der Waals surface area contributed by atoms with Gasteiger partial charge in [0.15, 0.2) is 5.13 Å². The Hall–Kier alpha value is -2.48. The van der Waals surface area contributed by atoms with Gasteiger partial charge in [-0.1, -0.05) is 23.2 Å². The van der Waals surface area contributed by atoms with Crippen LogP contribution < -0.4 is 14.8 Å². The third-order valence-corrected chi connectivity index (χ3v) is 5.55. The van der Waals surface area contributed by atoms with E-state index in [2.05, 4.69) is 10.3 Å². The molecule has 0 unspecified atom stereocenters. The number of benzene rings is 2. The molecule has 2 aromatic carbocycles. The van der Waals surface area contributed by atoms with Crippen molar-refractivity contribution in [1.82, 2.24) is 4.98 Å². The largest absolute Gasteiger partial charge is 0.497 e. The highest BCUT2D eigenvalue weighted by Crippen LogP contribution is 2.39. The maximum atomic E-state index is 11.3. The highest BCUT2D eigenvalue weighted by molar-refractivity contribution is 7.16. The van der Waals surface area contributed by atoms with Gasteiger partial charge in [0, 0.05) is 22.2 Å². The molecule has 3 rings (SSSR count). The summed E-state index contributed by atoms with van der Waals surface area (Å²) in [6.07, 6.45) is -0.161. The first-order valence-corrected chi connectivity index (χ1v) is 9.64. The molecule has 146 valence electrons. The van der Waals surface area contributed by atoms with Crippen LogP contribution in [0.5, 0.6) is 11.5 Å². The smallest absolute Gasteiger partial charge is 0.308 e. The molecule has 0 aliphatic carbocycles. The number of thiazole rings is 1. The predicted molar refractivity (Wildman–Crippen MR) is 112 cm³/mol. The van der Waals surface area contributed by atoms with Gasteiger partial charge in [-0.3, -0.25) is 4.79 Å². The van der Waals surface area contributed by atoms with Crippen LogP contribution in [0.3, 0.4) is 0 Å². The zero-order valence-electron chi connectivity index (χ0n) is 15.0. The Bertz CT molecular complexity index is 1020. The van der Waals surface area contributed by atoms with Crippen LogP contribution in [0.4, 0.5) is 10.8 Å². The topological polar surface area (TPSA) is 80.7 Å². The summed E-state index contributed by atoms with van der Waals surface area (Å²) >= 11 is 13.3. The zero-order valence-corrected chi connectivity index (χ0v) is 17.3. The van der Waals surface area contributed by atoms with E-state index in [-0.39, 0.29) is 6.42 Å². The van der Waals surface area contributed by atoms with E-state index in [0.717, 1.165) is 0 Å². The Morgan fingerprint density at radius 1 is 1.14 bits per heavy atom. The molecule has 0 aliphatic heterocycles. The fourth-order valence-electron chi connectivity index (χ4n) is 2.56. The second-order valence-corrected chi connectivity index (χ2v) is 7.58. The first-order chi connectivity index (χ1) is 13.4. The number of aliphatic carboxylic acids is 1. The van der Waals surface area contributed by atoms with Gasteiger partial charge >= 0.3 is 5.97 Å². The number of carboxylic acid groups (broad SMARTS) is 1. The lowest BCUT2D eigenvalue weighted by atomic mass is 10.1. The van der Waals surface area contributed by atoms with Gasteiger partial charge in [0.2, 0.25) is 0 Å². The summed E-state index contributed by atoms with van der Waals surface area (Å²) in [4.78, 5) is 16.5. The minimum Gasteiger partial charge on any atom is -0.497 e. The van der Waals surface area contributed by atoms with Crippen molar-refractivity contribution in [2.24, 2.45) is 0 Å². The number of hydrogen-bond donors (Lipinski definition) is 2. The zero-order chi connectivity index (χ0) is 20.3. The molecule has 0 atom stereocenters. The van der Waals surface area contributed by atoms with Gasteiger partial charge in [0.25, 0.3) is 0 Å². The lowest BCUT2D eigenvalue weighted by Crippen LogP contribution is -2.00. The highest BCUT2D eigenvalue weighted by atomic mass is 35.5. The third-order valence-electron chi connectivity index (χ3n) is 3.84. The average molecular weight is 439 g/mol. The second-order valence-electron chi connectivity index (χ2n) is 5.68. The fraction of sp³-hybridized carbons (Fsp3) is 0.158. The molecule has 0 radical (unpaired) electrons. The molecule has 9 heteroatoms.